The second-order valence-corrected chi connectivity index (χ2v) is 5.33. The van der Waals surface area contributed by atoms with Crippen molar-refractivity contribution in [1.82, 2.24) is 4.98 Å². The zero-order valence-corrected chi connectivity index (χ0v) is 11.4. The fourth-order valence-electron chi connectivity index (χ4n) is 2.00. The summed E-state index contributed by atoms with van der Waals surface area (Å²) in [5.74, 6) is 0. The minimum absolute atomic E-state index is 0.501. The molecule has 0 spiro atoms. The Morgan fingerprint density at radius 1 is 1.50 bits per heavy atom. The second-order valence-electron chi connectivity index (χ2n) is 4.10. The molecule has 1 heterocycles. The molecule has 5 heteroatoms. The molecule has 0 aliphatic heterocycles. The number of nitrogens with zero attached hydrogens (tertiary/aromatic N) is 3. The maximum atomic E-state index is 8.68. The van der Waals surface area contributed by atoms with Gasteiger partial charge in [-0.2, -0.15) is 5.26 Å². The van der Waals surface area contributed by atoms with Crippen LogP contribution in [0.3, 0.4) is 0 Å². The second kappa shape index (κ2) is 5.23. The number of benzene rings is 1. The zero-order valence-electron chi connectivity index (χ0n) is 10.6. The first kappa shape index (κ1) is 12.7. The number of anilines is 2. The lowest BCUT2D eigenvalue weighted by Crippen LogP contribution is -2.24. The summed E-state index contributed by atoms with van der Waals surface area (Å²) in [6.07, 6.45) is 0.501. The standard InChI is InChI=1S/C13H16N4S/c1-3-17(6-4-5-14)12-8-11-13(7-10(12)15)18-9(2)16-11/h7-8H,3-4,6,15H2,1-2H3. The smallest absolute Gasteiger partial charge is 0.0907 e. The number of nitriles is 1. The van der Waals surface area contributed by atoms with Gasteiger partial charge in [0, 0.05) is 13.1 Å². The highest BCUT2D eigenvalue weighted by Crippen LogP contribution is 2.32. The van der Waals surface area contributed by atoms with Crippen LogP contribution in [0, 0.1) is 18.3 Å². The molecule has 0 saturated carbocycles. The topological polar surface area (TPSA) is 65.9 Å². The van der Waals surface area contributed by atoms with Crippen molar-refractivity contribution in [2.45, 2.75) is 20.3 Å². The van der Waals surface area contributed by atoms with Gasteiger partial charge >= 0.3 is 0 Å². The van der Waals surface area contributed by atoms with E-state index in [2.05, 4.69) is 22.9 Å². The molecule has 2 rings (SSSR count). The average molecular weight is 260 g/mol. The highest BCUT2D eigenvalue weighted by atomic mass is 32.1. The molecule has 18 heavy (non-hydrogen) atoms. The van der Waals surface area contributed by atoms with E-state index in [4.69, 9.17) is 11.0 Å². The summed E-state index contributed by atoms with van der Waals surface area (Å²) in [6, 6.07) is 6.17. The third kappa shape index (κ3) is 2.39. The molecule has 0 bridgehead atoms. The minimum Gasteiger partial charge on any atom is -0.397 e. The number of rotatable bonds is 4. The van der Waals surface area contributed by atoms with Gasteiger partial charge in [0.2, 0.25) is 0 Å². The zero-order chi connectivity index (χ0) is 13.1. The van der Waals surface area contributed by atoms with Crippen molar-refractivity contribution in [3.05, 3.63) is 17.1 Å². The molecule has 0 aliphatic rings. The summed E-state index contributed by atoms with van der Waals surface area (Å²) >= 11 is 1.65. The number of hydrogen-bond acceptors (Lipinski definition) is 5. The predicted molar refractivity (Wildman–Crippen MR) is 76.9 cm³/mol. The van der Waals surface area contributed by atoms with E-state index >= 15 is 0 Å². The highest BCUT2D eigenvalue weighted by molar-refractivity contribution is 7.18. The van der Waals surface area contributed by atoms with Crippen LogP contribution in [0.2, 0.25) is 0 Å². The van der Waals surface area contributed by atoms with Crippen LogP contribution >= 0.6 is 11.3 Å². The molecular weight excluding hydrogens is 244 g/mol. The van der Waals surface area contributed by atoms with Gasteiger partial charge in [-0.25, -0.2) is 4.98 Å². The Labute approximate surface area is 111 Å². The largest absolute Gasteiger partial charge is 0.397 e. The first-order valence-electron chi connectivity index (χ1n) is 5.94. The van der Waals surface area contributed by atoms with E-state index in [9.17, 15) is 0 Å². The van der Waals surface area contributed by atoms with Gasteiger partial charge < -0.3 is 10.6 Å². The third-order valence-electron chi connectivity index (χ3n) is 2.86. The van der Waals surface area contributed by atoms with Gasteiger partial charge in [-0.05, 0) is 26.0 Å². The van der Waals surface area contributed by atoms with Gasteiger partial charge in [0.1, 0.15) is 0 Å². The number of fused-ring (bicyclic) bond motifs is 1. The van der Waals surface area contributed by atoms with E-state index in [1.807, 2.05) is 19.1 Å². The summed E-state index contributed by atoms with van der Waals surface area (Å²) in [7, 11) is 0. The van der Waals surface area contributed by atoms with Crippen molar-refractivity contribution in [3.8, 4) is 6.07 Å². The number of aromatic nitrogens is 1. The number of hydrogen-bond donors (Lipinski definition) is 1. The molecule has 1 aromatic heterocycles. The summed E-state index contributed by atoms with van der Waals surface area (Å²) in [5.41, 5.74) is 8.81. The van der Waals surface area contributed by atoms with Gasteiger partial charge in [0.25, 0.3) is 0 Å². The summed E-state index contributed by atoms with van der Waals surface area (Å²) in [5, 5.41) is 9.73. The highest BCUT2D eigenvalue weighted by Gasteiger charge is 2.11. The monoisotopic (exact) mass is 260 g/mol. The first-order chi connectivity index (χ1) is 8.65. The molecule has 0 radical (unpaired) electrons. The number of nitrogen functional groups attached to an aromatic ring is 1. The molecule has 0 amide bonds. The van der Waals surface area contributed by atoms with Gasteiger partial charge in [-0.3, -0.25) is 0 Å². The summed E-state index contributed by atoms with van der Waals surface area (Å²) in [4.78, 5) is 6.60. The quantitative estimate of drug-likeness (QED) is 0.858. The van der Waals surface area contributed by atoms with E-state index in [-0.39, 0.29) is 0 Å². The first-order valence-corrected chi connectivity index (χ1v) is 6.76. The fraction of sp³-hybridized carbons (Fsp3) is 0.385. The molecule has 0 atom stereocenters. The van der Waals surface area contributed by atoms with Gasteiger partial charge in [-0.1, -0.05) is 0 Å². The molecule has 0 unspecified atom stereocenters. The van der Waals surface area contributed by atoms with Crippen molar-refractivity contribution >= 4 is 32.9 Å². The molecule has 0 aliphatic carbocycles. The number of aryl methyl sites for hydroxylation is 1. The van der Waals surface area contributed by atoms with Crippen LogP contribution in [0.4, 0.5) is 11.4 Å². The lowest BCUT2D eigenvalue weighted by atomic mass is 10.2. The summed E-state index contributed by atoms with van der Waals surface area (Å²) < 4.78 is 1.12. The maximum absolute atomic E-state index is 8.68. The predicted octanol–water partition coefficient (Wildman–Crippen LogP) is 2.93. The van der Waals surface area contributed by atoms with E-state index in [1.54, 1.807) is 11.3 Å². The fourth-order valence-corrected chi connectivity index (χ4v) is 2.86. The Bertz CT molecular complexity index is 597. The number of nitrogens with two attached hydrogens (primary N) is 1. The molecule has 1 aromatic carbocycles. The van der Waals surface area contributed by atoms with Crippen molar-refractivity contribution in [2.75, 3.05) is 23.7 Å². The van der Waals surface area contributed by atoms with Gasteiger partial charge in [0.15, 0.2) is 0 Å². The summed E-state index contributed by atoms with van der Waals surface area (Å²) in [6.45, 7) is 5.59. The van der Waals surface area contributed by atoms with E-state index in [0.29, 0.717) is 13.0 Å². The minimum atomic E-state index is 0.501. The van der Waals surface area contributed by atoms with Crippen LogP contribution in [-0.4, -0.2) is 18.1 Å². The van der Waals surface area contributed by atoms with Crippen molar-refractivity contribution < 1.29 is 0 Å². The number of thiazole rings is 1. The Morgan fingerprint density at radius 3 is 2.94 bits per heavy atom. The molecule has 94 valence electrons. The average Bonchev–Trinajstić information content (AvgIpc) is 2.69. The van der Waals surface area contributed by atoms with E-state index in [0.717, 1.165) is 33.1 Å². The van der Waals surface area contributed by atoms with Crippen LogP contribution in [-0.2, 0) is 0 Å². The molecule has 4 nitrogen and oxygen atoms in total. The van der Waals surface area contributed by atoms with Gasteiger partial charge in [0.05, 0.1) is 39.1 Å². The molecule has 0 fully saturated rings. The van der Waals surface area contributed by atoms with Gasteiger partial charge in [-0.15, -0.1) is 11.3 Å². The Hall–Kier alpha value is -1.80. The Balaban J connectivity index is 2.42. The Morgan fingerprint density at radius 2 is 2.28 bits per heavy atom. The van der Waals surface area contributed by atoms with Crippen LogP contribution in [0.5, 0.6) is 0 Å². The lowest BCUT2D eigenvalue weighted by Gasteiger charge is -2.23. The van der Waals surface area contributed by atoms with E-state index < -0.39 is 0 Å². The van der Waals surface area contributed by atoms with E-state index in [1.165, 1.54) is 0 Å². The van der Waals surface area contributed by atoms with Crippen molar-refractivity contribution in [2.24, 2.45) is 0 Å². The van der Waals surface area contributed by atoms with Crippen LogP contribution in [0.15, 0.2) is 12.1 Å². The van der Waals surface area contributed by atoms with Crippen LogP contribution in [0.1, 0.15) is 18.4 Å². The third-order valence-corrected chi connectivity index (χ3v) is 3.79. The normalized spacial score (nSPS) is 10.5. The molecule has 0 saturated heterocycles. The van der Waals surface area contributed by atoms with Crippen LogP contribution < -0.4 is 10.6 Å². The molecular formula is C13H16N4S. The van der Waals surface area contributed by atoms with Crippen molar-refractivity contribution in [3.63, 3.8) is 0 Å². The molecule has 2 N–H and O–H groups in total. The SMILES string of the molecule is CCN(CCC#N)c1cc2nc(C)sc2cc1N. The molecule has 2 aromatic rings. The van der Waals surface area contributed by atoms with Crippen LogP contribution in [0.25, 0.3) is 10.2 Å². The lowest BCUT2D eigenvalue weighted by molar-refractivity contribution is 0.829. The van der Waals surface area contributed by atoms with Crippen molar-refractivity contribution in [1.29, 1.82) is 5.26 Å². The maximum Gasteiger partial charge on any atom is 0.0907 e. The Kier molecular flexibility index (Phi) is 3.68.